The van der Waals surface area contributed by atoms with Crippen molar-refractivity contribution in [1.82, 2.24) is 4.90 Å². The van der Waals surface area contributed by atoms with Crippen molar-refractivity contribution < 1.29 is 9.90 Å². The second kappa shape index (κ2) is 6.75. The number of thiophene rings is 1. The fourth-order valence-electron chi connectivity index (χ4n) is 3.47. The molecule has 0 aliphatic carbocycles. The molecule has 23 heavy (non-hydrogen) atoms. The van der Waals surface area contributed by atoms with Crippen molar-refractivity contribution in [2.24, 2.45) is 0 Å². The molecule has 2 heterocycles. The first kappa shape index (κ1) is 16.7. The molecule has 0 radical (unpaired) electrons. The van der Waals surface area contributed by atoms with Crippen LogP contribution in [0.25, 0.3) is 0 Å². The summed E-state index contributed by atoms with van der Waals surface area (Å²) in [6.07, 6.45) is 1.66. The van der Waals surface area contributed by atoms with E-state index < -0.39 is 12.0 Å². The van der Waals surface area contributed by atoms with Crippen LogP contribution < -0.4 is 0 Å². The zero-order valence-electron chi connectivity index (χ0n) is 13.3. The molecular formula is C18H20BrNO2S. The van der Waals surface area contributed by atoms with E-state index in [0.29, 0.717) is 0 Å². The molecular weight excluding hydrogens is 374 g/mol. The number of aliphatic carboxylic acids is 1. The molecule has 3 rings (SSSR count). The average molecular weight is 394 g/mol. The van der Waals surface area contributed by atoms with Crippen LogP contribution in [0.5, 0.6) is 0 Å². The highest BCUT2D eigenvalue weighted by Crippen LogP contribution is 2.40. The second-order valence-corrected chi connectivity index (χ2v) is 8.63. The highest BCUT2D eigenvalue weighted by molar-refractivity contribution is 9.11. The molecule has 0 spiro atoms. The number of likely N-dealkylation sites (tertiary alicyclic amines) is 1. The van der Waals surface area contributed by atoms with E-state index in [1.807, 2.05) is 6.07 Å². The predicted octanol–water partition coefficient (Wildman–Crippen LogP) is 4.77. The van der Waals surface area contributed by atoms with Crippen LogP contribution in [-0.4, -0.2) is 28.6 Å². The van der Waals surface area contributed by atoms with E-state index in [0.717, 1.165) is 23.2 Å². The van der Waals surface area contributed by atoms with Gasteiger partial charge in [0.1, 0.15) is 6.04 Å². The molecule has 0 bridgehead atoms. The Hall–Kier alpha value is -1.17. The average Bonchev–Trinajstić information content (AvgIpc) is 3.11. The van der Waals surface area contributed by atoms with Gasteiger partial charge in [0.2, 0.25) is 0 Å². The Morgan fingerprint density at radius 1 is 1.35 bits per heavy atom. The molecule has 1 aromatic heterocycles. The van der Waals surface area contributed by atoms with Gasteiger partial charge in [0.25, 0.3) is 0 Å². The lowest BCUT2D eigenvalue weighted by Crippen LogP contribution is -2.39. The maximum Gasteiger partial charge on any atom is 0.320 e. The van der Waals surface area contributed by atoms with E-state index in [-0.39, 0.29) is 6.04 Å². The lowest BCUT2D eigenvalue weighted by atomic mass is 9.96. The summed E-state index contributed by atoms with van der Waals surface area (Å²) in [5, 5.41) is 9.60. The number of nitrogens with zero attached hydrogens (tertiary/aromatic N) is 1. The molecule has 1 N–H and O–H groups in total. The quantitative estimate of drug-likeness (QED) is 0.813. The van der Waals surface area contributed by atoms with E-state index in [1.54, 1.807) is 11.3 Å². The Balaban J connectivity index is 2.09. The summed E-state index contributed by atoms with van der Waals surface area (Å²) < 4.78 is 1.08. The molecule has 0 saturated carbocycles. The Bertz CT molecular complexity index is 728. The highest BCUT2D eigenvalue weighted by Gasteiger charge is 2.37. The number of halogens is 1. The van der Waals surface area contributed by atoms with Gasteiger partial charge in [0.05, 0.1) is 9.83 Å². The van der Waals surface area contributed by atoms with Gasteiger partial charge in [-0.25, -0.2) is 0 Å². The van der Waals surface area contributed by atoms with Crippen molar-refractivity contribution in [3.05, 3.63) is 55.7 Å². The number of hydrogen-bond acceptors (Lipinski definition) is 3. The summed E-state index contributed by atoms with van der Waals surface area (Å²) >= 11 is 5.23. The number of hydrogen-bond donors (Lipinski definition) is 1. The minimum absolute atomic E-state index is 0.00972. The first-order valence-corrected chi connectivity index (χ1v) is 9.39. The normalized spacial score (nSPS) is 19.9. The number of aryl methyl sites for hydroxylation is 2. The van der Waals surface area contributed by atoms with Crippen molar-refractivity contribution in [3.63, 3.8) is 0 Å². The maximum absolute atomic E-state index is 11.7. The smallest absolute Gasteiger partial charge is 0.320 e. The van der Waals surface area contributed by atoms with Gasteiger partial charge in [-0.3, -0.25) is 9.69 Å². The standard InChI is InChI=1S/C18H20BrNO2S/c1-11-5-6-13(12(2)10-11)17(15-7-8-16(19)23-15)20-9-3-4-14(20)18(21)22/h5-8,10,14,17H,3-4,9H2,1-2H3,(H,21,22). The number of carboxylic acids is 1. The Labute approximate surface area is 149 Å². The molecule has 2 unspecified atom stereocenters. The fourth-order valence-corrected chi connectivity index (χ4v) is 5.03. The molecule has 1 aromatic carbocycles. The van der Waals surface area contributed by atoms with Crippen LogP contribution in [0.1, 0.15) is 40.5 Å². The van der Waals surface area contributed by atoms with Crippen molar-refractivity contribution in [1.29, 1.82) is 0 Å². The predicted molar refractivity (Wildman–Crippen MR) is 97.1 cm³/mol. The molecule has 3 nitrogen and oxygen atoms in total. The number of rotatable bonds is 4. The molecule has 1 fully saturated rings. The van der Waals surface area contributed by atoms with Crippen molar-refractivity contribution in [3.8, 4) is 0 Å². The van der Waals surface area contributed by atoms with Crippen LogP contribution in [0, 0.1) is 13.8 Å². The Morgan fingerprint density at radius 3 is 2.74 bits per heavy atom. The van der Waals surface area contributed by atoms with Crippen molar-refractivity contribution >= 4 is 33.2 Å². The van der Waals surface area contributed by atoms with Crippen LogP contribution in [0.3, 0.4) is 0 Å². The molecule has 5 heteroatoms. The fraction of sp³-hybridized carbons (Fsp3) is 0.389. The van der Waals surface area contributed by atoms with E-state index >= 15 is 0 Å². The van der Waals surface area contributed by atoms with Gasteiger partial charge in [-0.1, -0.05) is 23.8 Å². The molecule has 1 aliphatic rings. The third-order valence-electron chi connectivity index (χ3n) is 4.49. The lowest BCUT2D eigenvalue weighted by Gasteiger charge is -2.32. The third kappa shape index (κ3) is 3.37. The summed E-state index contributed by atoms with van der Waals surface area (Å²) in [4.78, 5) is 15.0. The number of carbonyl (C=O) groups is 1. The largest absolute Gasteiger partial charge is 0.480 e. The van der Waals surface area contributed by atoms with E-state index in [4.69, 9.17) is 0 Å². The molecule has 1 saturated heterocycles. The molecule has 2 atom stereocenters. The summed E-state index contributed by atoms with van der Waals surface area (Å²) in [6, 6.07) is 10.2. The molecule has 1 aliphatic heterocycles. The minimum Gasteiger partial charge on any atom is -0.480 e. The maximum atomic E-state index is 11.7. The summed E-state index contributed by atoms with van der Waals surface area (Å²) in [7, 11) is 0. The summed E-state index contributed by atoms with van der Waals surface area (Å²) in [6.45, 7) is 5.03. The molecule has 2 aromatic rings. The minimum atomic E-state index is -0.715. The van der Waals surface area contributed by atoms with Gasteiger partial charge in [-0.15, -0.1) is 11.3 Å². The van der Waals surface area contributed by atoms with Gasteiger partial charge in [0, 0.05) is 11.4 Å². The van der Waals surface area contributed by atoms with Crippen LogP contribution >= 0.6 is 27.3 Å². The number of benzene rings is 1. The molecule has 122 valence electrons. The van der Waals surface area contributed by atoms with Gasteiger partial charge >= 0.3 is 5.97 Å². The monoisotopic (exact) mass is 393 g/mol. The van der Waals surface area contributed by atoms with Crippen molar-refractivity contribution in [2.75, 3.05) is 6.54 Å². The Kier molecular flexibility index (Phi) is 4.90. The van der Waals surface area contributed by atoms with Gasteiger partial charge in [-0.05, 0) is 65.9 Å². The van der Waals surface area contributed by atoms with Crippen LogP contribution in [0.4, 0.5) is 0 Å². The van der Waals surface area contributed by atoms with Crippen LogP contribution in [0.2, 0.25) is 0 Å². The van der Waals surface area contributed by atoms with E-state index in [1.165, 1.54) is 21.6 Å². The van der Waals surface area contributed by atoms with Crippen LogP contribution in [-0.2, 0) is 4.79 Å². The summed E-state index contributed by atoms with van der Waals surface area (Å²) in [5.74, 6) is -0.715. The van der Waals surface area contributed by atoms with Gasteiger partial charge in [0.15, 0.2) is 0 Å². The van der Waals surface area contributed by atoms with E-state index in [2.05, 4.69) is 58.9 Å². The lowest BCUT2D eigenvalue weighted by molar-refractivity contribution is -0.142. The van der Waals surface area contributed by atoms with Gasteiger partial charge < -0.3 is 5.11 Å². The molecule has 0 amide bonds. The van der Waals surface area contributed by atoms with E-state index in [9.17, 15) is 9.90 Å². The Morgan fingerprint density at radius 2 is 2.13 bits per heavy atom. The topological polar surface area (TPSA) is 40.5 Å². The first-order chi connectivity index (χ1) is 11.0. The summed E-state index contributed by atoms with van der Waals surface area (Å²) in [5.41, 5.74) is 3.65. The second-order valence-electron chi connectivity index (χ2n) is 6.14. The zero-order chi connectivity index (χ0) is 16.6. The number of carboxylic acid groups (broad SMARTS) is 1. The van der Waals surface area contributed by atoms with Crippen molar-refractivity contribution in [2.45, 2.75) is 38.8 Å². The zero-order valence-corrected chi connectivity index (χ0v) is 15.7. The van der Waals surface area contributed by atoms with Crippen LogP contribution in [0.15, 0.2) is 34.1 Å². The van der Waals surface area contributed by atoms with Gasteiger partial charge in [-0.2, -0.15) is 0 Å². The highest BCUT2D eigenvalue weighted by atomic mass is 79.9. The SMILES string of the molecule is Cc1ccc(C(c2ccc(Br)s2)N2CCCC2C(=O)O)c(C)c1. The first-order valence-electron chi connectivity index (χ1n) is 7.78. The third-order valence-corrected chi connectivity index (χ3v) is 6.17.